The van der Waals surface area contributed by atoms with E-state index in [1.165, 1.54) is 4.90 Å². The summed E-state index contributed by atoms with van der Waals surface area (Å²) in [6, 6.07) is 6.96. The monoisotopic (exact) mass is 546 g/mol. The van der Waals surface area contributed by atoms with Crippen molar-refractivity contribution in [3.63, 3.8) is 0 Å². The minimum atomic E-state index is -0.525. The topological polar surface area (TPSA) is 105 Å². The average molecular weight is 547 g/mol. The fourth-order valence-electron chi connectivity index (χ4n) is 5.79. The highest BCUT2D eigenvalue weighted by Gasteiger charge is 2.42. The first-order valence-corrected chi connectivity index (χ1v) is 13.8. The number of hydrogen-bond acceptors (Lipinski definition) is 6. The third kappa shape index (κ3) is 6.84. The lowest BCUT2D eigenvalue weighted by Crippen LogP contribution is -2.62. The summed E-state index contributed by atoms with van der Waals surface area (Å²) in [4.78, 5) is 58.0. The SMILES string of the molecule is CC(=O)N1CCN(C2CCC3NCN(CC(=O)NC(CC(=O)N(C)C)c4ccc(Cl)cc4)C(=O)C3C2)CC1. The zero-order valence-electron chi connectivity index (χ0n) is 22.5. The Hall–Kier alpha value is -2.69. The standard InChI is InChI=1S/C27H39ClN6O4/c1-18(35)32-10-12-33(13-11-32)21-8-9-23-22(14-21)27(38)34(17-29-23)16-25(36)30-24(15-26(37)31(2)3)19-4-6-20(28)7-5-19/h4-7,21-24,29H,8-17H2,1-3H3,(H,30,36). The lowest BCUT2D eigenvalue weighted by atomic mass is 9.79. The van der Waals surface area contributed by atoms with Crippen LogP contribution >= 0.6 is 11.6 Å². The molecular weight excluding hydrogens is 508 g/mol. The molecule has 4 amide bonds. The number of carbonyl (C=O) groups is 4. The van der Waals surface area contributed by atoms with Crippen molar-refractivity contribution in [3.8, 4) is 0 Å². The van der Waals surface area contributed by atoms with E-state index in [2.05, 4.69) is 15.5 Å². The van der Waals surface area contributed by atoms with Gasteiger partial charge in [0.25, 0.3) is 0 Å². The number of benzene rings is 1. The van der Waals surface area contributed by atoms with E-state index < -0.39 is 6.04 Å². The Morgan fingerprint density at radius 2 is 1.79 bits per heavy atom. The molecule has 1 aromatic carbocycles. The maximum Gasteiger partial charge on any atom is 0.240 e. The van der Waals surface area contributed by atoms with E-state index in [0.717, 1.165) is 51.0 Å². The second-order valence-corrected chi connectivity index (χ2v) is 11.2. The molecule has 2 aliphatic heterocycles. The number of piperazine rings is 1. The Labute approximate surface area is 229 Å². The van der Waals surface area contributed by atoms with E-state index >= 15 is 0 Å². The second-order valence-electron chi connectivity index (χ2n) is 10.8. The molecular formula is C27H39ClN6O4. The average Bonchev–Trinajstić information content (AvgIpc) is 2.90. The summed E-state index contributed by atoms with van der Waals surface area (Å²) in [5.74, 6) is -0.482. The number of halogens is 1. The molecule has 4 atom stereocenters. The molecule has 2 heterocycles. The van der Waals surface area contributed by atoms with Gasteiger partial charge < -0.3 is 20.0 Å². The highest BCUT2D eigenvalue weighted by atomic mass is 35.5. The lowest BCUT2D eigenvalue weighted by molar-refractivity contribution is -0.146. The van der Waals surface area contributed by atoms with Gasteiger partial charge in [0.15, 0.2) is 0 Å². The zero-order chi connectivity index (χ0) is 27.4. The number of amides is 4. The van der Waals surface area contributed by atoms with E-state index in [1.807, 2.05) is 4.90 Å². The molecule has 3 fully saturated rings. The summed E-state index contributed by atoms with van der Waals surface area (Å²) < 4.78 is 0. The number of hydrogen-bond donors (Lipinski definition) is 2. The zero-order valence-corrected chi connectivity index (χ0v) is 23.2. The summed E-state index contributed by atoms with van der Waals surface area (Å²) in [6.07, 6.45) is 2.79. The van der Waals surface area contributed by atoms with Crippen molar-refractivity contribution in [3.05, 3.63) is 34.9 Å². The van der Waals surface area contributed by atoms with Crippen LogP contribution in [-0.4, -0.2) is 109 Å². The fourth-order valence-corrected chi connectivity index (χ4v) is 5.92. The van der Waals surface area contributed by atoms with Crippen molar-refractivity contribution in [2.45, 2.75) is 50.7 Å². The molecule has 2 saturated heterocycles. The molecule has 11 heteroatoms. The van der Waals surface area contributed by atoms with Crippen LogP contribution in [0.15, 0.2) is 24.3 Å². The van der Waals surface area contributed by atoms with Crippen molar-refractivity contribution in [1.29, 1.82) is 0 Å². The first-order valence-electron chi connectivity index (χ1n) is 13.4. The van der Waals surface area contributed by atoms with E-state index in [1.54, 1.807) is 50.2 Å². The molecule has 4 unspecified atom stereocenters. The van der Waals surface area contributed by atoms with Crippen LogP contribution in [0.1, 0.15) is 44.2 Å². The molecule has 0 bridgehead atoms. The minimum Gasteiger partial charge on any atom is -0.349 e. The maximum atomic E-state index is 13.5. The Balaban J connectivity index is 1.36. The van der Waals surface area contributed by atoms with Gasteiger partial charge in [0.2, 0.25) is 23.6 Å². The molecule has 2 N–H and O–H groups in total. The third-order valence-corrected chi connectivity index (χ3v) is 8.34. The predicted molar refractivity (Wildman–Crippen MR) is 144 cm³/mol. The molecule has 0 spiro atoms. The van der Waals surface area contributed by atoms with Crippen LogP contribution in [-0.2, 0) is 19.2 Å². The van der Waals surface area contributed by atoms with Crippen LogP contribution < -0.4 is 10.6 Å². The van der Waals surface area contributed by atoms with Gasteiger partial charge in [-0.1, -0.05) is 23.7 Å². The third-order valence-electron chi connectivity index (χ3n) is 8.09. The Bertz CT molecular complexity index is 1030. The largest absolute Gasteiger partial charge is 0.349 e. The van der Waals surface area contributed by atoms with Gasteiger partial charge in [0.05, 0.1) is 25.0 Å². The number of carbonyl (C=O) groups excluding carboxylic acids is 4. The lowest BCUT2D eigenvalue weighted by Gasteiger charge is -2.47. The first kappa shape index (κ1) is 28.3. The van der Waals surface area contributed by atoms with Gasteiger partial charge in [-0.25, -0.2) is 0 Å². The van der Waals surface area contributed by atoms with Crippen molar-refractivity contribution < 1.29 is 19.2 Å². The molecule has 1 saturated carbocycles. The molecule has 0 radical (unpaired) electrons. The van der Waals surface area contributed by atoms with Crippen molar-refractivity contribution >= 4 is 35.2 Å². The van der Waals surface area contributed by atoms with Crippen LogP contribution in [0, 0.1) is 5.92 Å². The maximum absolute atomic E-state index is 13.5. The van der Waals surface area contributed by atoms with E-state index in [4.69, 9.17) is 11.6 Å². The van der Waals surface area contributed by atoms with Crippen LogP contribution in [0.2, 0.25) is 5.02 Å². The van der Waals surface area contributed by atoms with Crippen molar-refractivity contribution in [1.82, 2.24) is 30.2 Å². The Kier molecular flexibility index (Phi) is 9.27. The molecule has 4 rings (SSSR count). The number of nitrogens with zero attached hydrogens (tertiary/aromatic N) is 4. The molecule has 1 aliphatic carbocycles. The van der Waals surface area contributed by atoms with Gasteiger partial charge >= 0.3 is 0 Å². The molecule has 10 nitrogen and oxygen atoms in total. The quantitative estimate of drug-likeness (QED) is 0.530. The number of rotatable bonds is 7. The summed E-state index contributed by atoms with van der Waals surface area (Å²) in [7, 11) is 3.36. The summed E-state index contributed by atoms with van der Waals surface area (Å²) in [5.41, 5.74) is 0.779. The predicted octanol–water partition coefficient (Wildman–Crippen LogP) is 1.07. The van der Waals surface area contributed by atoms with Crippen LogP contribution in [0.5, 0.6) is 0 Å². The van der Waals surface area contributed by atoms with Gasteiger partial charge in [-0.2, -0.15) is 0 Å². The summed E-state index contributed by atoms with van der Waals surface area (Å²) in [6.45, 7) is 4.97. The van der Waals surface area contributed by atoms with Gasteiger partial charge in [-0.05, 0) is 37.0 Å². The number of nitrogens with one attached hydrogen (secondary N) is 2. The highest BCUT2D eigenvalue weighted by molar-refractivity contribution is 6.30. The van der Waals surface area contributed by atoms with Crippen LogP contribution in [0.3, 0.4) is 0 Å². The fraction of sp³-hybridized carbons (Fsp3) is 0.630. The highest BCUT2D eigenvalue weighted by Crippen LogP contribution is 2.32. The molecule has 0 aromatic heterocycles. The molecule has 208 valence electrons. The summed E-state index contributed by atoms with van der Waals surface area (Å²) in [5, 5.41) is 7.00. The van der Waals surface area contributed by atoms with Gasteiger partial charge in [0.1, 0.15) is 6.54 Å². The Morgan fingerprint density at radius 1 is 1.11 bits per heavy atom. The van der Waals surface area contributed by atoms with E-state index in [9.17, 15) is 19.2 Å². The van der Waals surface area contributed by atoms with E-state index in [0.29, 0.717) is 17.7 Å². The first-order chi connectivity index (χ1) is 18.1. The molecule has 38 heavy (non-hydrogen) atoms. The van der Waals surface area contributed by atoms with Crippen molar-refractivity contribution in [2.24, 2.45) is 5.92 Å². The van der Waals surface area contributed by atoms with Crippen molar-refractivity contribution in [2.75, 3.05) is 53.5 Å². The minimum absolute atomic E-state index is 0.00313. The second kappa shape index (κ2) is 12.4. The molecule has 3 aliphatic rings. The summed E-state index contributed by atoms with van der Waals surface area (Å²) >= 11 is 6.03. The normalized spacial score (nSPS) is 24.9. The van der Waals surface area contributed by atoms with Gasteiger partial charge in [-0.3, -0.25) is 29.4 Å². The number of fused-ring (bicyclic) bond motifs is 1. The molecule has 1 aromatic rings. The van der Waals surface area contributed by atoms with Crippen LogP contribution in [0.4, 0.5) is 0 Å². The van der Waals surface area contributed by atoms with Crippen LogP contribution in [0.25, 0.3) is 0 Å². The van der Waals surface area contributed by atoms with Gasteiger partial charge in [-0.15, -0.1) is 0 Å². The Morgan fingerprint density at radius 3 is 2.42 bits per heavy atom. The van der Waals surface area contributed by atoms with E-state index in [-0.39, 0.29) is 48.6 Å². The van der Waals surface area contributed by atoms with Gasteiger partial charge in [0, 0.05) is 64.3 Å². The smallest absolute Gasteiger partial charge is 0.240 e.